The summed E-state index contributed by atoms with van der Waals surface area (Å²) in [6.07, 6.45) is 5.24. The van der Waals surface area contributed by atoms with Crippen LogP contribution in [0.25, 0.3) is 0 Å². The third-order valence-corrected chi connectivity index (χ3v) is 2.43. The van der Waals surface area contributed by atoms with Crippen LogP contribution in [-0.2, 0) is 13.6 Å². The van der Waals surface area contributed by atoms with Crippen molar-refractivity contribution < 1.29 is 13.6 Å². The van der Waals surface area contributed by atoms with Gasteiger partial charge in [0.05, 0.1) is 0 Å². The first-order valence-electron chi connectivity index (χ1n) is 5.04. The average Bonchev–Trinajstić information content (AvgIpc) is 2.13. The highest BCUT2D eigenvalue weighted by Crippen LogP contribution is 2.24. The molecular formula is C9H20O3P+. The predicted molar refractivity (Wildman–Crippen MR) is 53.9 cm³/mol. The fourth-order valence-corrected chi connectivity index (χ4v) is 1.44. The van der Waals surface area contributed by atoms with E-state index < -0.39 is 8.25 Å². The second-order valence-electron chi connectivity index (χ2n) is 2.95. The molecule has 3 nitrogen and oxygen atoms in total. The molecule has 0 aliphatic rings. The second-order valence-corrected chi connectivity index (χ2v) is 3.91. The van der Waals surface area contributed by atoms with Crippen LogP contribution in [0.3, 0.4) is 0 Å². The molecule has 13 heavy (non-hydrogen) atoms. The van der Waals surface area contributed by atoms with Crippen LogP contribution in [0.2, 0.25) is 0 Å². The van der Waals surface area contributed by atoms with E-state index in [9.17, 15) is 4.57 Å². The van der Waals surface area contributed by atoms with Gasteiger partial charge in [0.25, 0.3) is 0 Å². The Hall–Kier alpha value is 0.0200. The van der Waals surface area contributed by atoms with Crippen LogP contribution in [0.4, 0.5) is 0 Å². The van der Waals surface area contributed by atoms with Gasteiger partial charge in [-0.25, -0.2) is 0 Å². The maximum Gasteiger partial charge on any atom is 0.697 e. The summed E-state index contributed by atoms with van der Waals surface area (Å²) in [5, 5.41) is 0. The Labute approximate surface area is 81.8 Å². The zero-order valence-corrected chi connectivity index (χ0v) is 9.52. The third kappa shape index (κ3) is 9.94. The van der Waals surface area contributed by atoms with E-state index in [1.165, 1.54) is 0 Å². The molecule has 0 bridgehead atoms. The van der Waals surface area contributed by atoms with E-state index in [4.69, 9.17) is 9.05 Å². The van der Waals surface area contributed by atoms with E-state index >= 15 is 0 Å². The lowest BCUT2D eigenvalue weighted by molar-refractivity contribution is 0.220. The van der Waals surface area contributed by atoms with Gasteiger partial charge in [-0.3, -0.25) is 0 Å². The summed E-state index contributed by atoms with van der Waals surface area (Å²) in [5.74, 6) is 0. The lowest BCUT2D eigenvalue weighted by Crippen LogP contribution is -1.90. The van der Waals surface area contributed by atoms with Gasteiger partial charge in [0.2, 0.25) is 0 Å². The number of hydrogen-bond acceptors (Lipinski definition) is 3. The number of unbranched alkanes of at least 4 members (excludes halogenated alkanes) is 3. The quantitative estimate of drug-likeness (QED) is 0.427. The first-order valence-corrected chi connectivity index (χ1v) is 6.13. The molecule has 0 amide bonds. The smallest absolute Gasteiger partial charge is 0.119 e. The maximum atomic E-state index is 11.0. The SMILES string of the molecule is CCCCCO[P+](=O)OCCCC. The van der Waals surface area contributed by atoms with Gasteiger partial charge in [-0.05, 0) is 12.8 Å². The van der Waals surface area contributed by atoms with E-state index in [1.54, 1.807) is 0 Å². The maximum absolute atomic E-state index is 11.0. The van der Waals surface area contributed by atoms with Gasteiger partial charge in [0.1, 0.15) is 13.2 Å². The molecule has 0 fully saturated rings. The summed E-state index contributed by atoms with van der Waals surface area (Å²) in [6.45, 7) is 5.28. The molecule has 0 aliphatic carbocycles. The highest BCUT2D eigenvalue weighted by molar-refractivity contribution is 7.33. The molecule has 4 heteroatoms. The van der Waals surface area contributed by atoms with E-state index in [2.05, 4.69) is 13.8 Å². The van der Waals surface area contributed by atoms with Crippen molar-refractivity contribution in [3.8, 4) is 0 Å². The average molecular weight is 207 g/mol. The van der Waals surface area contributed by atoms with Crippen LogP contribution < -0.4 is 0 Å². The zero-order valence-electron chi connectivity index (χ0n) is 8.62. The van der Waals surface area contributed by atoms with Gasteiger partial charge >= 0.3 is 8.25 Å². The van der Waals surface area contributed by atoms with Crippen LogP contribution in [-0.4, -0.2) is 13.2 Å². The molecule has 0 radical (unpaired) electrons. The van der Waals surface area contributed by atoms with Crippen LogP contribution in [0.5, 0.6) is 0 Å². The summed E-state index contributed by atoms with van der Waals surface area (Å²) in [4.78, 5) is 0. The molecule has 0 heterocycles. The highest BCUT2D eigenvalue weighted by atomic mass is 31.1. The molecule has 0 N–H and O–H groups in total. The molecule has 78 valence electrons. The van der Waals surface area contributed by atoms with Gasteiger partial charge in [0, 0.05) is 4.57 Å². The van der Waals surface area contributed by atoms with Crippen LogP contribution in [0.15, 0.2) is 0 Å². The molecule has 0 saturated heterocycles. The molecule has 1 atom stereocenters. The first kappa shape index (κ1) is 13.0. The molecule has 0 spiro atoms. The predicted octanol–water partition coefficient (Wildman–Crippen LogP) is 3.67. The fourth-order valence-electron chi connectivity index (χ4n) is 0.812. The fraction of sp³-hybridized carbons (Fsp3) is 1.00. The largest absolute Gasteiger partial charge is 0.697 e. The summed E-state index contributed by atoms with van der Waals surface area (Å²) < 4.78 is 20.9. The van der Waals surface area contributed by atoms with Gasteiger partial charge < -0.3 is 0 Å². The summed E-state index contributed by atoms with van der Waals surface area (Å²) in [6, 6.07) is 0. The van der Waals surface area contributed by atoms with Crippen molar-refractivity contribution in [3.63, 3.8) is 0 Å². The molecular weight excluding hydrogens is 187 g/mol. The monoisotopic (exact) mass is 207 g/mol. The Morgan fingerprint density at radius 2 is 1.46 bits per heavy atom. The van der Waals surface area contributed by atoms with Crippen molar-refractivity contribution in [1.29, 1.82) is 0 Å². The van der Waals surface area contributed by atoms with E-state index in [0.29, 0.717) is 13.2 Å². The van der Waals surface area contributed by atoms with Crippen molar-refractivity contribution in [3.05, 3.63) is 0 Å². The van der Waals surface area contributed by atoms with Gasteiger partial charge in [-0.2, -0.15) is 0 Å². The molecule has 1 unspecified atom stereocenters. The first-order chi connectivity index (χ1) is 6.31. The second kappa shape index (κ2) is 10.1. The Bertz CT molecular complexity index is 128. The Morgan fingerprint density at radius 3 is 2.00 bits per heavy atom. The topological polar surface area (TPSA) is 35.5 Å². The minimum absolute atomic E-state index is 0.541. The van der Waals surface area contributed by atoms with Gasteiger partial charge in [-0.1, -0.05) is 33.1 Å². The Kier molecular flexibility index (Phi) is 10.1. The highest BCUT2D eigenvalue weighted by Gasteiger charge is 2.18. The Morgan fingerprint density at radius 1 is 0.923 bits per heavy atom. The molecule has 0 aromatic heterocycles. The van der Waals surface area contributed by atoms with Crippen molar-refractivity contribution in [1.82, 2.24) is 0 Å². The lowest BCUT2D eigenvalue weighted by Gasteiger charge is -1.91. The normalized spacial score (nSPS) is 11.7. The molecule has 0 rings (SSSR count). The standard InChI is InChI=1S/C9H20O3P/c1-3-5-7-9-12-13(10)11-8-6-4-2/h3-9H2,1-2H3/q+1. The molecule has 0 aromatic rings. The van der Waals surface area contributed by atoms with Gasteiger partial charge in [-0.15, -0.1) is 9.05 Å². The number of hydrogen-bond donors (Lipinski definition) is 0. The van der Waals surface area contributed by atoms with E-state index in [1.807, 2.05) is 0 Å². The zero-order chi connectivity index (χ0) is 9.94. The van der Waals surface area contributed by atoms with Crippen LogP contribution in [0.1, 0.15) is 46.0 Å². The Balaban J connectivity index is 3.11. The summed E-state index contributed by atoms with van der Waals surface area (Å²) in [7, 11) is -1.86. The summed E-state index contributed by atoms with van der Waals surface area (Å²) in [5.41, 5.74) is 0. The minimum Gasteiger partial charge on any atom is -0.119 e. The van der Waals surface area contributed by atoms with E-state index in [-0.39, 0.29) is 0 Å². The van der Waals surface area contributed by atoms with E-state index in [0.717, 1.165) is 32.1 Å². The minimum atomic E-state index is -1.86. The lowest BCUT2D eigenvalue weighted by atomic mass is 10.3. The van der Waals surface area contributed by atoms with Crippen molar-refractivity contribution in [2.24, 2.45) is 0 Å². The van der Waals surface area contributed by atoms with Crippen molar-refractivity contribution >= 4 is 8.25 Å². The third-order valence-electron chi connectivity index (χ3n) is 1.64. The van der Waals surface area contributed by atoms with Crippen LogP contribution in [0, 0.1) is 0 Å². The molecule has 0 aliphatic heterocycles. The molecule has 0 aromatic carbocycles. The number of rotatable bonds is 9. The van der Waals surface area contributed by atoms with Crippen LogP contribution >= 0.6 is 8.25 Å². The van der Waals surface area contributed by atoms with Crippen molar-refractivity contribution in [2.75, 3.05) is 13.2 Å². The van der Waals surface area contributed by atoms with Crippen molar-refractivity contribution in [2.45, 2.75) is 46.0 Å². The summed E-state index contributed by atoms with van der Waals surface area (Å²) >= 11 is 0. The molecule has 0 saturated carbocycles. The van der Waals surface area contributed by atoms with Gasteiger partial charge in [0.15, 0.2) is 0 Å².